The standard InChI is InChI=1S/C19H24N4O3/c1-13(10-14-6-5-9-20-12-14)21-19(25)22-15-7-8-17(26-4)16(11-15)18(24)23(2)3/h5-9,11-13H,10H2,1-4H3,(H2,21,22,25). The Balaban J connectivity index is 2.02. The summed E-state index contributed by atoms with van der Waals surface area (Å²) in [4.78, 5) is 30.0. The Hall–Kier alpha value is -3.09. The van der Waals surface area contributed by atoms with Crippen LogP contribution < -0.4 is 15.4 Å². The Morgan fingerprint density at radius 3 is 2.65 bits per heavy atom. The fourth-order valence-corrected chi connectivity index (χ4v) is 2.51. The number of hydrogen-bond donors (Lipinski definition) is 2. The van der Waals surface area contributed by atoms with Crippen molar-refractivity contribution in [2.45, 2.75) is 19.4 Å². The number of benzene rings is 1. The van der Waals surface area contributed by atoms with Crippen LogP contribution in [0.4, 0.5) is 10.5 Å². The molecular formula is C19H24N4O3. The molecule has 2 rings (SSSR count). The number of nitrogens with one attached hydrogen (secondary N) is 2. The van der Waals surface area contributed by atoms with E-state index in [0.717, 1.165) is 5.56 Å². The van der Waals surface area contributed by atoms with Gasteiger partial charge in [0.1, 0.15) is 5.75 Å². The van der Waals surface area contributed by atoms with Crippen LogP contribution >= 0.6 is 0 Å². The number of hydrogen-bond acceptors (Lipinski definition) is 4. The number of urea groups is 1. The quantitative estimate of drug-likeness (QED) is 0.833. The van der Waals surface area contributed by atoms with Crippen molar-refractivity contribution in [2.75, 3.05) is 26.5 Å². The van der Waals surface area contributed by atoms with Gasteiger partial charge in [-0.1, -0.05) is 6.07 Å². The van der Waals surface area contributed by atoms with E-state index in [1.807, 2.05) is 19.1 Å². The summed E-state index contributed by atoms with van der Waals surface area (Å²) in [5.74, 6) is 0.260. The lowest BCUT2D eigenvalue weighted by atomic mass is 10.1. The van der Waals surface area contributed by atoms with Gasteiger partial charge in [0.2, 0.25) is 0 Å². The summed E-state index contributed by atoms with van der Waals surface area (Å²) in [6, 6.07) is 8.37. The molecule has 0 aliphatic carbocycles. The predicted octanol–water partition coefficient (Wildman–Crippen LogP) is 2.54. The number of carbonyl (C=O) groups is 2. The second-order valence-electron chi connectivity index (χ2n) is 6.18. The van der Waals surface area contributed by atoms with E-state index in [4.69, 9.17) is 4.74 Å². The minimum absolute atomic E-state index is 0.0691. The zero-order valence-electron chi connectivity index (χ0n) is 15.4. The maximum atomic E-state index is 12.3. The maximum absolute atomic E-state index is 12.3. The van der Waals surface area contributed by atoms with Crippen LogP contribution in [0.2, 0.25) is 0 Å². The third-order valence-corrected chi connectivity index (χ3v) is 3.74. The summed E-state index contributed by atoms with van der Waals surface area (Å²) in [5, 5.41) is 5.62. The molecule has 26 heavy (non-hydrogen) atoms. The molecule has 0 saturated heterocycles. The van der Waals surface area contributed by atoms with Crippen molar-refractivity contribution in [3.05, 3.63) is 53.9 Å². The molecular weight excluding hydrogens is 332 g/mol. The van der Waals surface area contributed by atoms with Crippen molar-refractivity contribution in [1.82, 2.24) is 15.2 Å². The lowest BCUT2D eigenvalue weighted by Gasteiger charge is -2.17. The average molecular weight is 356 g/mol. The highest BCUT2D eigenvalue weighted by molar-refractivity contribution is 5.99. The molecule has 0 radical (unpaired) electrons. The van der Waals surface area contributed by atoms with Crippen molar-refractivity contribution in [3.8, 4) is 5.75 Å². The number of aromatic nitrogens is 1. The van der Waals surface area contributed by atoms with E-state index < -0.39 is 0 Å². The highest BCUT2D eigenvalue weighted by atomic mass is 16.5. The van der Waals surface area contributed by atoms with E-state index in [1.165, 1.54) is 12.0 Å². The lowest BCUT2D eigenvalue weighted by Crippen LogP contribution is -2.37. The van der Waals surface area contributed by atoms with E-state index in [2.05, 4.69) is 15.6 Å². The number of pyridine rings is 1. The zero-order chi connectivity index (χ0) is 19.1. The Kier molecular flexibility index (Phi) is 6.54. The zero-order valence-corrected chi connectivity index (χ0v) is 15.4. The van der Waals surface area contributed by atoms with Crippen LogP contribution in [0.25, 0.3) is 0 Å². The second kappa shape index (κ2) is 8.84. The van der Waals surface area contributed by atoms with E-state index in [1.54, 1.807) is 44.7 Å². The molecule has 138 valence electrons. The summed E-state index contributed by atoms with van der Waals surface area (Å²) in [6.07, 6.45) is 4.16. The van der Waals surface area contributed by atoms with Gasteiger partial charge >= 0.3 is 6.03 Å². The van der Waals surface area contributed by atoms with Gasteiger partial charge in [-0.15, -0.1) is 0 Å². The van der Waals surface area contributed by atoms with E-state index in [-0.39, 0.29) is 18.0 Å². The number of anilines is 1. The summed E-state index contributed by atoms with van der Waals surface area (Å²) < 4.78 is 5.23. The minimum Gasteiger partial charge on any atom is -0.496 e. The lowest BCUT2D eigenvalue weighted by molar-refractivity contribution is 0.0824. The number of nitrogens with zero attached hydrogens (tertiary/aromatic N) is 2. The SMILES string of the molecule is COc1ccc(NC(=O)NC(C)Cc2cccnc2)cc1C(=O)N(C)C. The average Bonchev–Trinajstić information content (AvgIpc) is 2.61. The molecule has 3 amide bonds. The third-order valence-electron chi connectivity index (χ3n) is 3.74. The van der Waals surface area contributed by atoms with Crippen LogP contribution in [0.5, 0.6) is 5.75 Å². The topological polar surface area (TPSA) is 83.6 Å². The minimum atomic E-state index is -0.338. The normalized spacial score (nSPS) is 11.4. The monoisotopic (exact) mass is 356 g/mol. The van der Waals surface area contributed by atoms with Crippen molar-refractivity contribution in [3.63, 3.8) is 0 Å². The van der Waals surface area contributed by atoms with Crippen LogP contribution in [0.15, 0.2) is 42.7 Å². The molecule has 0 fully saturated rings. The summed E-state index contributed by atoms with van der Waals surface area (Å²) in [6.45, 7) is 1.92. The fraction of sp³-hybridized carbons (Fsp3) is 0.316. The van der Waals surface area contributed by atoms with E-state index >= 15 is 0 Å². The molecule has 2 N–H and O–H groups in total. The molecule has 1 heterocycles. The first kappa shape index (κ1) is 19.2. The number of amides is 3. The summed E-state index contributed by atoms with van der Waals surface area (Å²) in [5.41, 5.74) is 1.95. The van der Waals surface area contributed by atoms with Gasteiger partial charge in [0.15, 0.2) is 0 Å². The first-order valence-electron chi connectivity index (χ1n) is 8.26. The Morgan fingerprint density at radius 1 is 1.27 bits per heavy atom. The molecule has 0 aliphatic rings. The number of rotatable bonds is 6. The number of ether oxygens (including phenoxy) is 1. The molecule has 0 aliphatic heterocycles. The van der Waals surface area contributed by atoms with Crippen molar-refractivity contribution >= 4 is 17.6 Å². The van der Waals surface area contributed by atoms with Crippen molar-refractivity contribution < 1.29 is 14.3 Å². The Morgan fingerprint density at radius 2 is 2.04 bits per heavy atom. The molecule has 0 spiro atoms. The van der Waals surface area contributed by atoms with Gasteiger partial charge in [-0.25, -0.2) is 4.79 Å². The van der Waals surface area contributed by atoms with Crippen LogP contribution in [-0.4, -0.2) is 49.1 Å². The molecule has 1 unspecified atom stereocenters. The molecule has 7 heteroatoms. The van der Waals surface area contributed by atoms with E-state index in [0.29, 0.717) is 23.4 Å². The molecule has 0 saturated carbocycles. The van der Waals surface area contributed by atoms with Crippen molar-refractivity contribution in [2.24, 2.45) is 0 Å². The molecule has 1 aromatic heterocycles. The van der Waals surface area contributed by atoms with Gasteiger partial charge in [-0.05, 0) is 43.2 Å². The third kappa shape index (κ3) is 5.20. The predicted molar refractivity (Wildman–Crippen MR) is 101 cm³/mol. The molecule has 1 aromatic carbocycles. The van der Waals surface area contributed by atoms with Gasteiger partial charge < -0.3 is 20.3 Å². The number of methoxy groups -OCH3 is 1. The van der Waals surface area contributed by atoms with Crippen LogP contribution in [0.1, 0.15) is 22.8 Å². The van der Waals surface area contributed by atoms with Crippen LogP contribution in [-0.2, 0) is 6.42 Å². The van der Waals surface area contributed by atoms with Crippen LogP contribution in [0, 0.1) is 0 Å². The molecule has 1 atom stereocenters. The molecule has 7 nitrogen and oxygen atoms in total. The Labute approximate surface area is 153 Å². The van der Waals surface area contributed by atoms with Crippen LogP contribution in [0.3, 0.4) is 0 Å². The van der Waals surface area contributed by atoms with Gasteiger partial charge in [0.25, 0.3) is 5.91 Å². The first-order valence-corrected chi connectivity index (χ1v) is 8.26. The fourth-order valence-electron chi connectivity index (χ4n) is 2.51. The van der Waals surface area contributed by atoms with E-state index in [9.17, 15) is 9.59 Å². The summed E-state index contributed by atoms with van der Waals surface area (Å²) in [7, 11) is 4.82. The van der Waals surface area contributed by atoms with Gasteiger partial charge in [-0.3, -0.25) is 9.78 Å². The molecule has 2 aromatic rings. The number of carbonyl (C=O) groups excluding carboxylic acids is 2. The summed E-state index contributed by atoms with van der Waals surface area (Å²) >= 11 is 0. The second-order valence-corrected chi connectivity index (χ2v) is 6.18. The highest BCUT2D eigenvalue weighted by Crippen LogP contribution is 2.23. The van der Waals surface area contributed by atoms with Gasteiger partial charge in [-0.2, -0.15) is 0 Å². The molecule has 0 bridgehead atoms. The van der Waals surface area contributed by atoms with Crippen molar-refractivity contribution in [1.29, 1.82) is 0 Å². The smallest absolute Gasteiger partial charge is 0.319 e. The maximum Gasteiger partial charge on any atom is 0.319 e. The Bertz CT molecular complexity index is 763. The first-order chi connectivity index (χ1) is 12.4. The van der Waals surface area contributed by atoms with Gasteiger partial charge in [0.05, 0.1) is 12.7 Å². The largest absolute Gasteiger partial charge is 0.496 e. The van der Waals surface area contributed by atoms with Gasteiger partial charge in [0, 0.05) is 38.2 Å². The highest BCUT2D eigenvalue weighted by Gasteiger charge is 2.16.